The van der Waals surface area contributed by atoms with Crippen LogP contribution in [0.4, 0.5) is 5.69 Å². The van der Waals surface area contributed by atoms with Crippen molar-refractivity contribution in [1.82, 2.24) is 5.32 Å². The van der Waals surface area contributed by atoms with E-state index >= 15 is 0 Å². The number of nitrogens with one attached hydrogen (secondary N) is 1. The Labute approximate surface area is 118 Å². The molecule has 110 valence electrons. The van der Waals surface area contributed by atoms with Gasteiger partial charge in [0.25, 0.3) is 5.69 Å². The van der Waals surface area contributed by atoms with E-state index in [0.29, 0.717) is 12.8 Å². The summed E-state index contributed by atoms with van der Waals surface area (Å²) in [6, 6.07) is 5.74. The van der Waals surface area contributed by atoms with E-state index in [1.807, 2.05) is 7.05 Å². The maximum absolute atomic E-state index is 12.6. The van der Waals surface area contributed by atoms with Gasteiger partial charge in [-0.25, -0.2) is 8.42 Å². The molecule has 0 saturated heterocycles. The first-order chi connectivity index (χ1) is 9.46. The highest BCUT2D eigenvalue weighted by Crippen LogP contribution is 2.33. The molecule has 2 atom stereocenters. The summed E-state index contributed by atoms with van der Waals surface area (Å²) >= 11 is 0. The third-order valence-corrected chi connectivity index (χ3v) is 6.11. The van der Waals surface area contributed by atoms with Crippen molar-refractivity contribution in [2.24, 2.45) is 0 Å². The maximum atomic E-state index is 12.6. The zero-order valence-electron chi connectivity index (χ0n) is 11.3. The van der Waals surface area contributed by atoms with Crippen LogP contribution in [0.1, 0.15) is 25.7 Å². The summed E-state index contributed by atoms with van der Waals surface area (Å²) in [5.41, 5.74) is -0.334. The number of hydrogen-bond acceptors (Lipinski definition) is 5. The van der Waals surface area contributed by atoms with Crippen LogP contribution in [0, 0.1) is 10.1 Å². The molecule has 0 aliphatic heterocycles. The van der Waals surface area contributed by atoms with E-state index in [1.165, 1.54) is 24.3 Å². The van der Waals surface area contributed by atoms with Crippen LogP contribution in [-0.4, -0.2) is 31.7 Å². The molecule has 6 nitrogen and oxygen atoms in total. The molecule has 0 bridgehead atoms. The fourth-order valence-electron chi connectivity index (χ4n) is 2.72. The summed E-state index contributed by atoms with van der Waals surface area (Å²) in [6.07, 6.45) is 2.83. The lowest BCUT2D eigenvalue weighted by atomic mass is 9.95. The van der Waals surface area contributed by atoms with Crippen LogP contribution in [0.2, 0.25) is 0 Å². The van der Waals surface area contributed by atoms with Crippen molar-refractivity contribution in [3.63, 3.8) is 0 Å². The van der Waals surface area contributed by atoms with Gasteiger partial charge in [0.1, 0.15) is 4.90 Å². The first-order valence-corrected chi connectivity index (χ1v) is 8.16. The fourth-order valence-corrected chi connectivity index (χ4v) is 4.74. The van der Waals surface area contributed by atoms with Gasteiger partial charge in [0, 0.05) is 12.1 Å². The third-order valence-electron chi connectivity index (χ3n) is 3.84. The first kappa shape index (κ1) is 14.9. The zero-order chi connectivity index (χ0) is 14.8. The third kappa shape index (κ3) is 2.83. The van der Waals surface area contributed by atoms with Gasteiger partial charge in [-0.05, 0) is 32.4 Å². The van der Waals surface area contributed by atoms with E-state index in [2.05, 4.69) is 5.32 Å². The molecule has 0 radical (unpaired) electrons. The van der Waals surface area contributed by atoms with E-state index in [4.69, 9.17) is 0 Å². The monoisotopic (exact) mass is 298 g/mol. The highest BCUT2D eigenvalue weighted by Gasteiger charge is 2.36. The Morgan fingerprint density at radius 1 is 1.30 bits per heavy atom. The Balaban J connectivity index is 2.38. The first-order valence-electron chi connectivity index (χ1n) is 6.61. The molecular formula is C13H18N2O4S. The summed E-state index contributed by atoms with van der Waals surface area (Å²) in [7, 11) is -1.85. The molecule has 1 aliphatic rings. The van der Waals surface area contributed by atoms with E-state index in [9.17, 15) is 18.5 Å². The molecule has 1 aromatic carbocycles. The van der Waals surface area contributed by atoms with Gasteiger partial charge in [-0.1, -0.05) is 18.6 Å². The predicted molar refractivity (Wildman–Crippen MR) is 75.4 cm³/mol. The van der Waals surface area contributed by atoms with Gasteiger partial charge in [0.05, 0.1) is 10.2 Å². The van der Waals surface area contributed by atoms with Gasteiger partial charge in [0.2, 0.25) is 0 Å². The normalized spacial score (nSPS) is 23.4. The number of nitrogens with zero attached hydrogens (tertiary/aromatic N) is 1. The molecule has 0 heterocycles. The number of rotatable bonds is 4. The molecule has 0 spiro atoms. The topological polar surface area (TPSA) is 89.3 Å². The van der Waals surface area contributed by atoms with Crippen molar-refractivity contribution in [1.29, 1.82) is 0 Å². The van der Waals surface area contributed by atoms with Crippen LogP contribution in [0.3, 0.4) is 0 Å². The Morgan fingerprint density at radius 3 is 2.65 bits per heavy atom. The van der Waals surface area contributed by atoms with E-state index in [-0.39, 0.29) is 16.6 Å². The van der Waals surface area contributed by atoms with Crippen LogP contribution in [0.5, 0.6) is 0 Å². The number of nitro benzene ring substituents is 1. The lowest BCUT2D eigenvalue weighted by molar-refractivity contribution is -0.387. The Bertz CT molecular complexity index is 600. The van der Waals surface area contributed by atoms with E-state index < -0.39 is 20.0 Å². The van der Waals surface area contributed by atoms with Crippen LogP contribution in [-0.2, 0) is 9.84 Å². The van der Waals surface area contributed by atoms with Crippen molar-refractivity contribution in [3.8, 4) is 0 Å². The number of para-hydroxylation sites is 1. The quantitative estimate of drug-likeness (QED) is 0.677. The molecule has 1 fully saturated rings. The number of hydrogen-bond donors (Lipinski definition) is 1. The Kier molecular flexibility index (Phi) is 4.39. The van der Waals surface area contributed by atoms with Gasteiger partial charge in [-0.3, -0.25) is 10.1 Å². The zero-order valence-corrected chi connectivity index (χ0v) is 12.1. The van der Waals surface area contributed by atoms with E-state index in [0.717, 1.165) is 12.8 Å². The molecular weight excluding hydrogens is 280 g/mol. The van der Waals surface area contributed by atoms with Crippen LogP contribution < -0.4 is 5.32 Å². The minimum Gasteiger partial charge on any atom is -0.317 e. The average Bonchev–Trinajstić information content (AvgIpc) is 2.47. The summed E-state index contributed by atoms with van der Waals surface area (Å²) in [6.45, 7) is 0. The van der Waals surface area contributed by atoms with Gasteiger partial charge in [-0.2, -0.15) is 0 Å². The molecule has 1 saturated carbocycles. The smallest absolute Gasteiger partial charge is 0.287 e. The van der Waals surface area contributed by atoms with Crippen molar-refractivity contribution in [3.05, 3.63) is 34.4 Å². The largest absolute Gasteiger partial charge is 0.317 e. The molecule has 1 N–H and O–H groups in total. The van der Waals surface area contributed by atoms with Gasteiger partial charge in [-0.15, -0.1) is 0 Å². The fraction of sp³-hybridized carbons (Fsp3) is 0.538. The van der Waals surface area contributed by atoms with Crippen LogP contribution in [0.25, 0.3) is 0 Å². The van der Waals surface area contributed by atoms with Crippen molar-refractivity contribution in [2.45, 2.75) is 41.9 Å². The molecule has 0 amide bonds. The lowest BCUT2D eigenvalue weighted by Crippen LogP contribution is -2.37. The van der Waals surface area contributed by atoms with Gasteiger partial charge in [0.15, 0.2) is 9.84 Å². The number of nitro groups is 1. The second kappa shape index (κ2) is 5.88. The summed E-state index contributed by atoms with van der Waals surface area (Å²) in [5, 5.41) is 13.6. The van der Waals surface area contributed by atoms with Gasteiger partial charge < -0.3 is 5.32 Å². The molecule has 7 heteroatoms. The van der Waals surface area contributed by atoms with E-state index in [1.54, 1.807) is 0 Å². The standard InChI is InChI=1S/C13H18N2O4S/c1-14-10-5-4-6-11(9-10)20(18,19)13-8-3-2-7-12(13)15(16)17/h2-3,7-8,10-11,14H,4-6,9H2,1H3. The molecule has 1 aromatic rings. The van der Waals surface area contributed by atoms with Crippen LogP contribution >= 0.6 is 0 Å². The number of benzene rings is 1. The summed E-state index contributed by atoms with van der Waals surface area (Å²) in [5.74, 6) is 0. The predicted octanol–water partition coefficient (Wildman–Crippen LogP) is 1.90. The Hall–Kier alpha value is -1.47. The molecule has 1 aliphatic carbocycles. The minimum atomic E-state index is -3.66. The molecule has 0 aromatic heterocycles. The van der Waals surface area contributed by atoms with Gasteiger partial charge >= 0.3 is 0 Å². The van der Waals surface area contributed by atoms with Crippen molar-refractivity contribution in [2.75, 3.05) is 7.05 Å². The average molecular weight is 298 g/mol. The van der Waals surface area contributed by atoms with Crippen molar-refractivity contribution >= 4 is 15.5 Å². The second-order valence-corrected chi connectivity index (χ2v) is 7.24. The van der Waals surface area contributed by atoms with Crippen LogP contribution in [0.15, 0.2) is 29.2 Å². The number of sulfone groups is 1. The molecule has 20 heavy (non-hydrogen) atoms. The minimum absolute atomic E-state index is 0.159. The summed E-state index contributed by atoms with van der Waals surface area (Å²) < 4.78 is 25.3. The highest BCUT2D eigenvalue weighted by atomic mass is 32.2. The summed E-state index contributed by atoms with van der Waals surface area (Å²) in [4.78, 5) is 10.2. The Morgan fingerprint density at radius 2 is 2.00 bits per heavy atom. The second-order valence-electron chi connectivity index (χ2n) is 5.04. The maximum Gasteiger partial charge on any atom is 0.287 e. The molecule has 2 rings (SSSR count). The lowest BCUT2D eigenvalue weighted by Gasteiger charge is -2.28. The SMILES string of the molecule is CNC1CCCC(S(=O)(=O)c2ccccc2[N+](=O)[O-])C1. The van der Waals surface area contributed by atoms with Crippen molar-refractivity contribution < 1.29 is 13.3 Å². The highest BCUT2D eigenvalue weighted by molar-refractivity contribution is 7.92. The molecule has 2 unspecified atom stereocenters.